The molecule has 7 heteroatoms. The molecule has 1 aromatic rings. The van der Waals surface area contributed by atoms with Gasteiger partial charge in [0.15, 0.2) is 0 Å². The zero-order chi connectivity index (χ0) is 20.2. The standard InChI is InChI=1S/C22H31N3O4/c1-28-19-7-5-16(6-8-19)22(27)23-13-20-14-25(21(26)15-29-20)18-9-11-24(12-10-18)17-3-2-4-17/h5-8,17-18,20H,2-4,9-15H2,1H3,(H,23,27). The number of carbonyl (C=O) groups excluding carboxylic acids is 2. The summed E-state index contributed by atoms with van der Waals surface area (Å²) in [5.74, 6) is 0.646. The molecule has 1 N–H and O–H groups in total. The average Bonchev–Trinajstić information content (AvgIpc) is 2.72. The van der Waals surface area contributed by atoms with Crippen molar-refractivity contribution in [3.8, 4) is 5.75 Å². The summed E-state index contributed by atoms with van der Waals surface area (Å²) in [4.78, 5) is 29.4. The maximum atomic E-state index is 12.4. The van der Waals surface area contributed by atoms with Gasteiger partial charge in [0.05, 0.1) is 13.2 Å². The number of amides is 2. The first kappa shape index (κ1) is 20.2. The van der Waals surface area contributed by atoms with Crippen LogP contribution in [0.25, 0.3) is 0 Å². The predicted molar refractivity (Wildman–Crippen MR) is 109 cm³/mol. The van der Waals surface area contributed by atoms with Crippen LogP contribution < -0.4 is 10.1 Å². The van der Waals surface area contributed by atoms with E-state index in [0.717, 1.165) is 37.7 Å². The number of nitrogens with zero attached hydrogens (tertiary/aromatic N) is 2. The molecule has 4 rings (SSSR count). The summed E-state index contributed by atoms with van der Waals surface area (Å²) in [7, 11) is 1.60. The molecular weight excluding hydrogens is 370 g/mol. The van der Waals surface area contributed by atoms with Crippen LogP contribution in [-0.4, -0.2) is 79.7 Å². The zero-order valence-corrected chi connectivity index (χ0v) is 17.1. The predicted octanol–water partition coefficient (Wildman–Crippen LogP) is 1.67. The highest BCUT2D eigenvalue weighted by molar-refractivity contribution is 5.94. The maximum Gasteiger partial charge on any atom is 0.251 e. The summed E-state index contributed by atoms with van der Waals surface area (Å²) in [6, 6.07) is 8.08. The summed E-state index contributed by atoms with van der Waals surface area (Å²) in [6.45, 7) is 3.22. The van der Waals surface area contributed by atoms with Crippen molar-refractivity contribution in [1.29, 1.82) is 0 Å². The normalized spacial score (nSPS) is 24.2. The molecule has 0 bridgehead atoms. The van der Waals surface area contributed by atoms with Crippen molar-refractivity contribution in [1.82, 2.24) is 15.1 Å². The Balaban J connectivity index is 1.26. The smallest absolute Gasteiger partial charge is 0.251 e. The second-order valence-corrected chi connectivity index (χ2v) is 8.27. The molecule has 29 heavy (non-hydrogen) atoms. The second-order valence-electron chi connectivity index (χ2n) is 8.27. The molecule has 1 saturated carbocycles. The van der Waals surface area contributed by atoms with Crippen LogP contribution >= 0.6 is 0 Å². The zero-order valence-electron chi connectivity index (χ0n) is 17.1. The van der Waals surface area contributed by atoms with Gasteiger partial charge in [0, 0.05) is 43.8 Å². The van der Waals surface area contributed by atoms with E-state index in [0.29, 0.717) is 24.7 Å². The number of likely N-dealkylation sites (tertiary alicyclic amines) is 1. The van der Waals surface area contributed by atoms with E-state index in [9.17, 15) is 9.59 Å². The first-order valence-electron chi connectivity index (χ1n) is 10.7. The van der Waals surface area contributed by atoms with E-state index < -0.39 is 0 Å². The molecule has 0 radical (unpaired) electrons. The van der Waals surface area contributed by atoms with Crippen LogP contribution in [0, 0.1) is 0 Å². The highest BCUT2D eigenvalue weighted by Gasteiger charge is 2.35. The van der Waals surface area contributed by atoms with Crippen LogP contribution in [-0.2, 0) is 9.53 Å². The number of methoxy groups -OCH3 is 1. The van der Waals surface area contributed by atoms with Crippen molar-refractivity contribution < 1.29 is 19.1 Å². The van der Waals surface area contributed by atoms with E-state index in [-0.39, 0.29) is 24.5 Å². The minimum absolute atomic E-state index is 0.0739. The lowest BCUT2D eigenvalue weighted by atomic mass is 9.89. The number of hydrogen-bond acceptors (Lipinski definition) is 5. The molecule has 1 unspecified atom stereocenters. The van der Waals surface area contributed by atoms with E-state index in [1.807, 2.05) is 4.90 Å². The van der Waals surface area contributed by atoms with Crippen LogP contribution in [0.1, 0.15) is 42.5 Å². The maximum absolute atomic E-state index is 12.4. The number of piperidine rings is 1. The number of carbonyl (C=O) groups is 2. The lowest BCUT2D eigenvalue weighted by Gasteiger charge is -2.45. The van der Waals surface area contributed by atoms with Crippen molar-refractivity contribution in [3.05, 3.63) is 29.8 Å². The van der Waals surface area contributed by atoms with Gasteiger partial charge in [0.1, 0.15) is 12.4 Å². The number of rotatable bonds is 6. The van der Waals surface area contributed by atoms with Crippen molar-refractivity contribution in [2.75, 3.05) is 39.9 Å². The third-order valence-electron chi connectivity index (χ3n) is 6.54. The Labute approximate surface area is 172 Å². The largest absolute Gasteiger partial charge is 0.497 e. The Bertz CT molecular complexity index is 711. The van der Waals surface area contributed by atoms with E-state index >= 15 is 0 Å². The summed E-state index contributed by atoms with van der Waals surface area (Å²) in [5, 5.41) is 2.93. The molecule has 158 valence electrons. The molecule has 0 aromatic heterocycles. The van der Waals surface area contributed by atoms with E-state index in [1.54, 1.807) is 31.4 Å². The van der Waals surface area contributed by atoms with E-state index in [2.05, 4.69) is 10.2 Å². The third-order valence-corrected chi connectivity index (χ3v) is 6.54. The monoisotopic (exact) mass is 401 g/mol. The first-order valence-corrected chi connectivity index (χ1v) is 10.7. The summed E-state index contributed by atoms with van der Waals surface area (Å²) in [6.07, 6.45) is 5.92. The highest BCUT2D eigenvalue weighted by atomic mass is 16.5. The Morgan fingerprint density at radius 3 is 2.48 bits per heavy atom. The second kappa shape index (κ2) is 9.13. The molecule has 3 fully saturated rings. The Hall–Kier alpha value is -2.12. The molecule has 2 aliphatic heterocycles. The molecule has 2 saturated heterocycles. The van der Waals surface area contributed by atoms with Crippen LogP contribution in [0.3, 0.4) is 0 Å². The number of morpholine rings is 1. The fourth-order valence-electron chi connectivity index (χ4n) is 4.49. The Morgan fingerprint density at radius 1 is 1.14 bits per heavy atom. The lowest BCUT2D eigenvalue weighted by Crippen LogP contribution is -2.57. The molecule has 3 aliphatic rings. The van der Waals surface area contributed by atoms with Gasteiger partial charge in [0.25, 0.3) is 5.91 Å². The Morgan fingerprint density at radius 2 is 1.86 bits per heavy atom. The quantitative estimate of drug-likeness (QED) is 0.785. The minimum Gasteiger partial charge on any atom is -0.497 e. The fraction of sp³-hybridized carbons (Fsp3) is 0.636. The summed E-state index contributed by atoms with van der Waals surface area (Å²) >= 11 is 0. The number of hydrogen-bond donors (Lipinski definition) is 1. The molecule has 2 heterocycles. The summed E-state index contributed by atoms with van der Waals surface area (Å²) < 4.78 is 10.8. The number of nitrogens with one attached hydrogen (secondary N) is 1. The topological polar surface area (TPSA) is 71.1 Å². The van der Waals surface area contributed by atoms with Gasteiger partial charge >= 0.3 is 0 Å². The average molecular weight is 402 g/mol. The molecule has 1 aromatic carbocycles. The van der Waals surface area contributed by atoms with Crippen LogP contribution in [0.5, 0.6) is 5.75 Å². The van der Waals surface area contributed by atoms with E-state index in [1.165, 1.54) is 19.3 Å². The minimum atomic E-state index is -0.167. The van der Waals surface area contributed by atoms with Gasteiger partial charge in [0.2, 0.25) is 5.91 Å². The third kappa shape index (κ3) is 4.73. The highest BCUT2D eigenvalue weighted by Crippen LogP contribution is 2.29. The van der Waals surface area contributed by atoms with Crippen molar-refractivity contribution in [3.63, 3.8) is 0 Å². The molecular formula is C22H31N3O4. The van der Waals surface area contributed by atoms with Crippen molar-refractivity contribution >= 4 is 11.8 Å². The van der Waals surface area contributed by atoms with Gasteiger partial charge < -0.3 is 24.6 Å². The van der Waals surface area contributed by atoms with Crippen LogP contribution in [0.4, 0.5) is 0 Å². The Kier molecular flexibility index (Phi) is 6.35. The molecule has 1 aliphatic carbocycles. The molecule has 0 spiro atoms. The van der Waals surface area contributed by atoms with Crippen molar-refractivity contribution in [2.24, 2.45) is 0 Å². The summed E-state index contributed by atoms with van der Waals surface area (Å²) in [5.41, 5.74) is 0.581. The van der Waals surface area contributed by atoms with Gasteiger partial charge in [-0.25, -0.2) is 0 Å². The van der Waals surface area contributed by atoms with Gasteiger partial charge in [-0.3, -0.25) is 9.59 Å². The first-order chi connectivity index (χ1) is 14.1. The van der Waals surface area contributed by atoms with Gasteiger partial charge in [-0.05, 0) is 49.9 Å². The van der Waals surface area contributed by atoms with Crippen LogP contribution in [0.2, 0.25) is 0 Å². The van der Waals surface area contributed by atoms with Gasteiger partial charge in [-0.1, -0.05) is 6.42 Å². The molecule has 1 atom stereocenters. The van der Waals surface area contributed by atoms with Gasteiger partial charge in [-0.2, -0.15) is 0 Å². The van der Waals surface area contributed by atoms with Crippen molar-refractivity contribution in [2.45, 2.75) is 50.3 Å². The lowest BCUT2D eigenvalue weighted by molar-refractivity contribution is -0.153. The molecule has 2 amide bonds. The SMILES string of the molecule is COc1ccc(C(=O)NCC2CN(C3CCN(C4CCC4)CC3)C(=O)CO2)cc1. The number of benzene rings is 1. The number of ether oxygens (including phenoxy) is 2. The van der Waals surface area contributed by atoms with Gasteiger partial charge in [-0.15, -0.1) is 0 Å². The van der Waals surface area contributed by atoms with E-state index in [4.69, 9.17) is 9.47 Å². The van der Waals surface area contributed by atoms with Crippen LogP contribution in [0.15, 0.2) is 24.3 Å². The molecule has 7 nitrogen and oxygen atoms in total. The fourth-order valence-corrected chi connectivity index (χ4v) is 4.49.